The van der Waals surface area contributed by atoms with Gasteiger partial charge in [-0.2, -0.15) is 13.2 Å². The molecule has 1 fully saturated rings. The van der Waals surface area contributed by atoms with Crippen molar-refractivity contribution in [3.8, 4) is 0 Å². The zero-order valence-corrected chi connectivity index (χ0v) is 16.1. The Morgan fingerprint density at radius 3 is 2.71 bits per heavy atom. The minimum atomic E-state index is -4.42. The number of allylic oxidation sites excluding steroid dienone is 1. The van der Waals surface area contributed by atoms with E-state index in [9.17, 15) is 22.8 Å². The molecule has 1 aromatic rings. The fourth-order valence-corrected chi connectivity index (χ4v) is 3.10. The Balaban J connectivity index is 1.91. The number of piperazine rings is 1. The molecule has 2 rings (SSSR count). The van der Waals surface area contributed by atoms with Gasteiger partial charge in [-0.3, -0.25) is 14.5 Å². The molecule has 0 radical (unpaired) electrons. The van der Waals surface area contributed by atoms with E-state index in [1.807, 2.05) is 24.8 Å². The molecule has 1 atom stereocenters. The Labute approximate surface area is 163 Å². The number of amides is 2. The predicted octanol–water partition coefficient (Wildman–Crippen LogP) is 2.52. The van der Waals surface area contributed by atoms with Crippen LogP contribution in [-0.4, -0.2) is 48.9 Å². The van der Waals surface area contributed by atoms with Gasteiger partial charge in [-0.05, 0) is 31.9 Å². The Kier molecular flexibility index (Phi) is 7.62. The molecule has 2 amide bonds. The van der Waals surface area contributed by atoms with E-state index in [4.69, 9.17) is 0 Å². The Bertz CT molecular complexity index is 728. The van der Waals surface area contributed by atoms with E-state index in [-0.39, 0.29) is 36.8 Å². The van der Waals surface area contributed by atoms with Crippen molar-refractivity contribution >= 4 is 11.8 Å². The summed E-state index contributed by atoms with van der Waals surface area (Å²) in [6.07, 6.45) is -2.38. The summed E-state index contributed by atoms with van der Waals surface area (Å²) in [5, 5.41) is 5.39. The van der Waals surface area contributed by atoms with Crippen LogP contribution in [0, 0.1) is 0 Å². The van der Waals surface area contributed by atoms with Crippen molar-refractivity contribution in [1.82, 2.24) is 15.5 Å². The molecule has 0 aliphatic carbocycles. The van der Waals surface area contributed by atoms with E-state index in [2.05, 4.69) is 10.6 Å². The van der Waals surface area contributed by atoms with Crippen LogP contribution in [0.2, 0.25) is 0 Å². The van der Waals surface area contributed by atoms with Crippen LogP contribution < -0.4 is 10.6 Å². The Hall–Kier alpha value is -2.35. The number of carbonyl (C=O) groups is 2. The first kappa shape index (κ1) is 21.9. The SMILES string of the molecule is CC(C)=CCN1CCNC(=O)C1CC(=O)NCCc1ccccc1C(F)(F)F. The number of halogens is 3. The molecule has 8 heteroatoms. The van der Waals surface area contributed by atoms with Crippen molar-refractivity contribution in [2.45, 2.75) is 38.9 Å². The highest BCUT2D eigenvalue weighted by Gasteiger charge is 2.33. The van der Waals surface area contributed by atoms with Crippen molar-refractivity contribution in [2.75, 3.05) is 26.2 Å². The van der Waals surface area contributed by atoms with Crippen molar-refractivity contribution in [3.63, 3.8) is 0 Å². The minimum absolute atomic E-state index is 0.0245. The maximum atomic E-state index is 13.0. The van der Waals surface area contributed by atoms with Gasteiger partial charge in [-0.15, -0.1) is 0 Å². The molecule has 1 aromatic carbocycles. The summed E-state index contributed by atoms with van der Waals surface area (Å²) in [7, 11) is 0. The Morgan fingerprint density at radius 1 is 1.32 bits per heavy atom. The number of alkyl halides is 3. The van der Waals surface area contributed by atoms with Gasteiger partial charge < -0.3 is 10.6 Å². The van der Waals surface area contributed by atoms with Crippen LogP contribution in [0.15, 0.2) is 35.9 Å². The summed E-state index contributed by atoms with van der Waals surface area (Å²) in [4.78, 5) is 26.3. The summed E-state index contributed by atoms with van der Waals surface area (Å²) >= 11 is 0. The lowest BCUT2D eigenvalue weighted by Gasteiger charge is -2.34. The molecule has 0 bridgehead atoms. The summed E-state index contributed by atoms with van der Waals surface area (Å²) in [6.45, 7) is 5.75. The van der Waals surface area contributed by atoms with Gasteiger partial charge in [-0.25, -0.2) is 0 Å². The first-order valence-corrected chi connectivity index (χ1v) is 9.25. The highest BCUT2D eigenvalue weighted by Crippen LogP contribution is 2.31. The summed E-state index contributed by atoms with van der Waals surface area (Å²) in [6, 6.07) is 4.75. The van der Waals surface area contributed by atoms with Gasteiger partial charge >= 0.3 is 6.18 Å². The average molecular weight is 397 g/mol. The second kappa shape index (κ2) is 9.73. The third-order valence-electron chi connectivity index (χ3n) is 4.59. The van der Waals surface area contributed by atoms with E-state index < -0.39 is 17.8 Å². The van der Waals surface area contributed by atoms with Crippen LogP contribution in [0.5, 0.6) is 0 Å². The van der Waals surface area contributed by atoms with Gasteiger partial charge in [0.1, 0.15) is 0 Å². The van der Waals surface area contributed by atoms with E-state index in [1.165, 1.54) is 12.1 Å². The second-order valence-corrected chi connectivity index (χ2v) is 7.04. The van der Waals surface area contributed by atoms with Gasteiger partial charge in [0.05, 0.1) is 18.0 Å². The number of nitrogens with one attached hydrogen (secondary N) is 2. The molecule has 0 saturated carbocycles. The zero-order valence-electron chi connectivity index (χ0n) is 16.1. The van der Waals surface area contributed by atoms with Crippen molar-refractivity contribution in [1.29, 1.82) is 0 Å². The summed E-state index contributed by atoms with van der Waals surface area (Å²) in [5.41, 5.74) is 0.567. The molecule has 1 unspecified atom stereocenters. The normalized spacial score (nSPS) is 17.8. The number of benzene rings is 1. The van der Waals surface area contributed by atoms with Crippen molar-refractivity contribution < 1.29 is 22.8 Å². The van der Waals surface area contributed by atoms with E-state index >= 15 is 0 Å². The highest BCUT2D eigenvalue weighted by molar-refractivity contribution is 5.88. The fourth-order valence-electron chi connectivity index (χ4n) is 3.10. The van der Waals surface area contributed by atoms with Crippen LogP contribution in [0.3, 0.4) is 0 Å². The molecule has 1 aliphatic heterocycles. The summed E-state index contributed by atoms with van der Waals surface area (Å²) in [5.74, 6) is -0.556. The Morgan fingerprint density at radius 2 is 2.04 bits per heavy atom. The molecular formula is C20H26F3N3O2. The molecule has 154 valence electrons. The molecule has 1 aliphatic rings. The number of hydrogen-bond acceptors (Lipinski definition) is 3. The fraction of sp³-hybridized carbons (Fsp3) is 0.500. The minimum Gasteiger partial charge on any atom is -0.356 e. The van der Waals surface area contributed by atoms with Gasteiger partial charge in [0.15, 0.2) is 0 Å². The maximum Gasteiger partial charge on any atom is 0.416 e. The molecule has 0 aromatic heterocycles. The lowest BCUT2D eigenvalue weighted by molar-refractivity contribution is -0.138. The van der Waals surface area contributed by atoms with Crippen molar-refractivity contribution in [3.05, 3.63) is 47.0 Å². The van der Waals surface area contributed by atoms with Crippen LogP contribution in [0.4, 0.5) is 13.2 Å². The van der Waals surface area contributed by atoms with Gasteiger partial charge in [0.2, 0.25) is 11.8 Å². The maximum absolute atomic E-state index is 13.0. The highest BCUT2D eigenvalue weighted by atomic mass is 19.4. The van der Waals surface area contributed by atoms with Gasteiger partial charge in [-0.1, -0.05) is 29.8 Å². The van der Waals surface area contributed by atoms with Gasteiger partial charge in [0, 0.05) is 26.2 Å². The third kappa shape index (κ3) is 6.37. The number of carbonyl (C=O) groups excluding carboxylic acids is 2. The third-order valence-corrected chi connectivity index (χ3v) is 4.59. The molecule has 2 N–H and O–H groups in total. The van der Waals surface area contributed by atoms with E-state index in [1.54, 1.807) is 6.07 Å². The average Bonchev–Trinajstić information content (AvgIpc) is 2.61. The standard InChI is InChI=1S/C20H26F3N3O2/c1-14(2)8-11-26-12-10-25-19(28)17(26)13-18(27)24-9-7-15-5-3-4-6-16(15)20(21,22)23/h3-6,8,17H,7,9-13H2,1-2H3,(H,24,27)(H,25,28). The number of nitrogens with zero attached hydrogens (tertiary/aromatic N) is 1. The van der Waals surface area contributed by atoms with Crippen LogP contribution in [-0.2, 0) is 22.2 Å². The molecule has 0 spiro atoms. The lowest BCUT2D eigenvalue weighted by Crippen LogP contribution is -2.56. The first-order valence-electron chi connectivity index (χ1n) is 9.25. The van der Waals surface area contributed by atoms with Crippen LogP contribution >= 0.6 is 0 Å². The van der Waals surface area contributed by atoms with Crippen molar-refractivity contribution in [2.24, 2.45) is 0 Å². The number of hydrogen-bond donors (Lipinski definition) is 2. The quantitative estimate of drug-likeness (QED) is 0.695. The van der Waals surface area contributed by atoms with E-state index in [0.29, 0.717) is 19.6 Å². The van der Waals surface area contributed by atoms with Gasteiger partial charge in [0.25, 0.3) is 0 Å². The van der Waals surface area contributed by atoms with E-state index in [0.717, 1.165) is 11.6 Å². The molecular weight excluding hydrogens is 371 g/mol. The first-order chi connectivity index (χ1) is 13.2. The summed E-state index contributed by atoms with van der Waals surface area (Å²) < 4.78 is 39.1. The monoisotopic (exact) mass is 397 g/mol. The predicted molar refractivity (Wildman–Crippen MR) is 101 cm³/mol. The number of rotatable bonds is 7. The van der Waals surface area contributed by atoms with Crippen LogP contribution in [0.25, 0.3) is 0 Å². The zero-order chi connectivity index (χ0) is 20.7. The topological polar surface area (TPSA) is 61.4 Å². The van der Waals surface area contributed by atoms with Crippen LogP contribution in [0.1, 0.15) is 31.4 Å². The molecule has 28 heavy (non-hydrogen) atoms. The molecule has 1 heterocycles. The second-order valence-electron chi connectivity index (χ2n) is 7.04. The largest absolute Gasteiger partial charge is 0.416 e. The molecule has 1 saturated heterocycles. The lowest BCUT2D eigenvalue weighted by atomic mass is 10.0. The molecule has 5 nitrogen and oxygen atoms in total. The smallest absolute Gasteiger partial charge is 0.356 e.